The van der Waals surface area contributed by atoms with Gasteiger partial charge in [0.15, 0.2) is 5.78 Å². The lowest BCUT2D eigenvalue weighted by Crippen LogP contribution is -2.52. The van der Waals surface area contributed by atoms with Gasteiger partial charge in [-0.25, -0.2) is 5.06 Å². The molecular weight excluding hydrogens is 420 g/mol. The molecule has 1 aromatic carbocycles. The van der Waals surface area contributed by atoms with E-state index in [1.54, 1.807) is 0 Å². The summed E-state index contributed by atoms with van der Waals surface area (Å²) >= 11 is 0. The Kier molecular flexibility index (Phi) is 10.3. The van der Waals surface area contributed by atoms with Crippen molar-refractivity contribution >= 4 is 23.8 Å². The molecule has 0 aliphatic carbocycles. The quantitative estimate of drug-likeness (QED) is 0.146. The number of hydrogen-bond acceptors (Lipinski definition) is 6. The molecule has 2 atom stereocenters. The van der Waals surface area contributed by atoms with E-state index in [0.29, 0.717) is 23.5 Å². The van der Waals surface area contributed by atoms with Gasteiger partial charge in [0.1, 0.15) is 0 Å². The largest absolute Gasteiger partial charge is 0.369 e. The highest BCUT2D eigenvalue weighted by atomic mass is 16.5. The van der Waals surface area contributed by atoms with E-state index in [1.165, 1.54) is 0 Å². The predicted molar refractivity (Wildman–Crippen MR) is 129 cm³/mol. The molecule has 0 saturated carbocycles. The molecule has 0 spiro atoms. The SMILES string of the molecule is CCCCCC(CN(O)C=O)C(=O)NC(C(=O)c1ccc(N2CCNCC2)cc1)C(C)(C)C. The average Bonchev–Trinajstić information content (AvgIpc) is 2.81. The van der Waals surface area contributed by atoms with Crippen molar-refractivity contribution in [3.8, 4) is 0 Å². The van der Waals surface area contributed by atoms with Crippen molar-refractivity contribution in [3.63, 3.8) is 0 Å². The molecule has 1 aliphatic heterocycles. The number of ketones is 1. The molecule has 1 aromatic rings. The van der Waals surface area contributed by atoms with Crippen LogP contribution in [0.4, 0.5) is 5.69 Å². The summed E-state index contributed by atoms with van der Waals surface area (Å²) in [5.41, 5.74) is 1.12. The first-order valence-corrected chi connectivity index (χ1v) is 12.0. The second-order valence-electron chi connectivity index (χ2n) is 9.88. The van der Waals surface area contributed by atoms with Crippen molar-refractivity contribution in [1.82, 2.24) is 15.7 Å². The first kappa shape index (κ1) is 26.8. The van der Waals surface area contributed by atoms with Crippen LogP contribution in [0.15, 0.2) is 24.3 Å². The Bertz CT molecular complexity index is 770. The van der Waals surface area contributed by atoms with Gasteiger partial charge in [-0.3, -0.25) is 19.6 Å². The van der Waals surface area contributed by atoms with Crippen LogP contribution < -0.4 is 15.5 Å². The van der Waals surface area contributed by atoms with E-state index in [9.17, 15) is 19.6 Å². The number of amides is 2. The Balaban J connectivity index is 2.15. The van der Waals surface area contributed by atoms with Crippen LogP contribution in [0.3, 0.4) is 0 Å². The fourth-order valence-corrected chi connectivity index (χ4v) is 4.08. The van der Waals surface area contributed by atoms with E-state index >= 15 is 0 Å². The Morgan fingerprint density at radius 1 is 1.18 bits per heavy atom. The van der Waals surface area contributed by atoms with Crippen LogP contribution in [0.1, 0.15) is 63.7 Å². The molecule has 8 heteroatoms. The topological polar surface area (TPSA) is 102 Å². The first-order valence-electron chi connectivity index (χ1n) is 12.0. The van der Waals surface area contributed by atoms with Gasteiger partial charge in [-0.05, 0) is 36.1 Å². The normalized spacial score (nSPS) is 16.1. The summed E-state index contributed by atoms with van der Waals surface area (Å²) in [6.07, 6.45) is 3.60. The third-order valence-electron chi connectivity index (χ3n) is 6.10. The molecule has 2 rings (SSSR count). The van der Waals surface area contributed by atoms with Gasteiger partial charge < -0.3 is 15.5 Å². The Hall–Kier alpha value is -2.45. The van der Waals surface area contributed by atoms with Crippen LogP contribution in [0.2, 0.25) is 0 Å². The van der Waals surface area contributed by atoms with E-state index in [0.717, 1.165) is 51.1 Å². The summed E-state index contributed by atoms with van der Waals surface area (Å²) in [6.45, 7) is 11.5. The van der Waals surface area contributed by atoms with Gasteiger partial charge in [0.25, 0.3) is 0 Å². The van der Waals surface area contributed by atoms with Gasteiger partial charge in [0.2, 0.25) is 12.3 Å². The van der Waals surface area contributed by atoms with E-state index in [1.807, 2.05) is 45.0 Å². The minimum atomic E-state index is -0.730. The average molecular weight is 461 g/mol. The molecule has 33 heavy (non-hydrogen) atoms. The second-order valence-corrected chi connectivity index (χ2v) is 9.88. The van der Waals surface area contributed by atoms with Crippen molar-refractivity contribution in [2.24, 2.45) is 11.3 Å². The number of hydroxylamine groups is 2. The van der Waals surface area contributed by atoms with Crippen LogP contribution in [0.25, 0.3) is 0 Å². The van der Waals surface area contributed by atoms with Gasteiger partial charge in [-0.1, -0.05) is 47.0 Å². The molecule has 8 nitrogen and oxygen atoms in total. The molecule has 1 saturated heterocycles. The second kappa shape index (κ2) is 12.7. The number of unbranched alkanes of at least 4 members (excludes halogenated alkanes) is 2. The molecule has 0 radical (unpaired) electrons. The maximum atomic E-state index is 13.4. The molecule has 3 N–H and O–H groups in total. The van der Waals surface area contributed by atoms with Gasteiger partial charge in [0.05, 0.1) is 18.5 Å². The number of carbonyl (C=O) groups is 3. The molecule has 2 unspecified atom stereocenters. The van der Waals surface area contributed by atoms with Crippen LogP contribution in [-0.4, -0.2) is 67.1 Å². The summed E-state index contributed by atoms with van der Waals surface area (Å²) in [5, 5.41) is 16.4. The Morgan fingerprint density at radius 3 is 2.36 bits per heavy atom. The Morgan fingerprint density at radius 2 is 1.82 bits per heavy atom. The molecule has 0 bridgehead atoms. The fourth-order valence-electron chi connectivity index (χ4n) is 4.08. The van der Waals surface area contributed by atoms with E-state index < -0.39 is 17.4 Å². The summed E-state index contributed by atoms with van der Waals surface area (Å²) in [4.78, 5) is 39.7. The van der Waals surface area contributed by atoms with Gasteiger partial charge in [-0.15, -0.1) is 0 Å². The van der Waals surface area contributed by atoms with E-state index in [-0.39, 0.29) is 18.2 Å². The van der Waals surface area contributed by atoms with Crippen LogP contribution >= 0.6 is 0 Å². The number of nitrogens with one attached hydrogen (secondary N) is 2. The predicted octanol–water partition coefficient (Wildman–Crippen LogP) is 2.85. The van der Waals surface area contributed by atoms with Gasteiger partial charge >= 0.3 is 0 Å². The van der Waals surface area contributed by atoms with Crippen molar-refractivity contribution in [1.29, 1.82) is 0 Å². The first-order chi connectivity index (χ1) is 15.7. The summed E-state index contributed by atoms with van der Waals surface area (Å²) in [6, 6.07) is 6.84. The maximum absolute atomic E-state index is 13.4. The Labute approximate surface area is 197 Å². The lowest BCUT2D eigenvalue weighted by molar-refractivity contribution is -0.154. The van der Waals surface area contributed by atoms with Gasteiger partial charge in [0, 0.05) is 37.4 Å². The van der Waals surface area contributed by atoms with Crippen molar-refractivity contribution in [2.45, 2.75) is 59.4 Å². The van der Waals surface area contributed by atoms with Crippen molar-refractivity contribution in [3.05, 3.63) is 29.8 Å². The van der Waals surface area contributed by atoms with Crippen LogP contribution in [-0.2, 0) is 9.59 Å². The van der Waals surface area contributed by atoms with Crippen LogP contribution in [0, 0.1) is 11.3 Å². The number of carbonyl (C=O) groups excluding carboxylic acids is 3. The summed E-state index contributed by atoms with van der Waals surface area (Å²) in [7, 11) is 0. The molecule has 1 heterocycles. The number of piperazine rings is 1. The summed E-state index contributed by atoms with van der Waals surface area (Å²) in [5.74, 6) is -1.05. The third kappa shape index (κ3) is 8.12. The molecule has 2 amide bonds. The monoisotopic (exact) mass is 460 g/mol. The molecule has 0 aromatic heterocycles. The van der Waals surface area contributed by atoms with Crippen molar-refractivity contribution < 1.29 is 19.6 Å². The highest BCUT2D eigenvalue weighted by molar-refractivity contribution is 6.02. The minimum Gasteiger partial charge on any atom is -0.369 e. The van der Waals surface area contributed by atoms with Crippen LogP contribution in [0.5, 0.6) is 0 Å². The maximum Gasteiger partial charge on any atom is 0.233 e. The lowest BCUT2D eigenvalue weighted by Gasteiger charge is -2.32. The zero-order valence-corrected chi connectivity index (χ0v) is 20.5. The fraction of sp³-hybridized carbons (Fsp3) is 0.640. The van der Waals surface area contributed by atoms with E-state index in [2.05, 4.69) is 22.5 Å². The third-order valence-corrected chi connectivity index (χ3v) is 6.10. The highest BCUT2D eigenvalue weighted by Gasteiger charge is 2.35. The smallest absolute Gasteiger partial charge is 0.233 e. The summed E-state index contributed by atoms with van der Waals surface area (Å²) < 4.78 is 0. The molecule has 1 aliphatic rings. The minimum absolute atomic E-state index is 0.0938. The number of anilines is 1. The van der Waals surface area contributed by atoms with Crippen molar-refractivity contribution in [2.75, 3.05) is 37.6 Å². The zero-order chi connectivity index (χ0) is 24.4. The number of nitrogens with zero attached hydrogens (tertiary/aromatic N) is 2. The molecule has 184 valence electrons. The number of rotatable bonds is 12. The van der Waals surface area contributed by atoms with E-state index in [4.69, 9.17) is 0 Å². The molecule has 1 fully saturated rings. The number of Topliss-reactive ketones (excluding diaryl/α,β-unsaturated/α-hetero) is 1. The number of benzene rings is 1. The van der Waals surface area contributed by atoms with Gasteiger partial charge in [-0.2, -0.15) is 0 Å². The highest BCUT2D eigenvalue weighted by Crippen LogP contribution is 2.25. The number of hydrogen-bond donors (Lipinski definition) is 3. The zero-order valence-electron chi connectivity index (χ0n) is 20.5. The molecular formula is C25H40N4O4. The lowest BCUT2D eigenvalue weighted by atomic mass is 9.81. The standard InChI is InChI=1S/C25H40N4O4/c1-5-6-7-8-20(17-29(33)18-30)24(32)27-23(25(2,3)4)22(31)19-9-11-21(12-10-19)28-15-13-26-14-16-28/h9-12,18,20,23,26,33H,5-8,13-17H2,1-4H3,(H,27,32).